The molecule has 0 bridgehead atoms. The molecule has 18 heavy (non-hydrogen) atoms. The van der Waals surface area contributed by atoms with E-state index in [0.717, 1.165) is 0 Å². The van der Waals surface area contributed by atoms with Crippen molar-refractivity contribution in [3.05, 3.63) is 48.3 Å². The average molecular weight is 245 g/mol. The fraction of sp³-hybridized carbons (Fsp3) is 0.0769. The van der Waals surface area contributed by atoms with Gasteiger partial charge in [0.2, 0.25) is 0 Å². The fourth-order valence-electron chi connectivity index (χ4n) is 1.42. The van der Waals surface area contributed by atoms with Gasteiger partial charge in [-0.15, -0.1) is 0 Å². The van der Waals surface area contributed by atoms with Gasteiger partial charge in [0, 0.05) is 18.5 Å². The topological polar surface area (TPSA) is 68.7 Å². The zero-order chi connectivity index (χ0) is 13.0. The summed E-state index contributed by atoms with van der Waals surface area (Å²) in [4.78, 5) is 14.9. The van der Waals surface area contributed by atoms with Crippen molar-refractivity contribution in [3.63, 3.8) is 0 Å². The highest BCUT2D eigenvalue weighted by Gasteiger charge is 2.13. The lowest BCUT2D eigenvalue weighted by Gasteiger charge is -2.10. The molecule has 0 atom stereocenters. The van der Waals surface area contributed by atoms with Crippen LogP contribution < -0.4 is 9.47 Å². The van der Waals surface area contributed by atoms with E-state index in [2.05, 4.69) is 4.98 Å². The number of nitrogens with zero attached hydrogens (tertiary/aromatic N) is 1. The fourth-order valence-corrected chi connectivity index (χ4v) is 1.42. The number of aromatic carboxylic acids is 1. The molecule has 0 radical (unpaired) electrons. The molecule has 1 aromatic heterocycles. The Morgan fingerprint density at radius 3 is 2.50 bits per heavy atom. The molecule has 0 spiro atoms. The molecule has 0 saturated carbocycles. The summed E-state index contributed by atoms with van der Waals surface area (Å²) in [5.74, 6) is 0.222. The van der Waals surface area contributed by atoms with E-state index < -0.39 is 5.97 Å². The highest BCUT2D eigenvalue weighted by atomic mass is 16.5. The van der Waals surface area contributed by atoms with Crippen LogP contribution in [0.3, 0.4) is 0 Å². The summed E-state index contributed by atoms with van der Waals surface area (Å²) in [6.07, 6.45) is 3.13. The largest absolute Gasteiger partial charge is 0.497 e. The minimum Gasteiger partial charge on any atom is -0.497 e. The van der Waals surface area contributed by atoms with Gasteiger partial charge in [0.05, 0.1) is 7.11 Å². The van der Waals surface area contributed by atoms with Crippen molar-refractivity contribution in [2.45, 2.75) is 0 Å². The molecule has 92 valence electrons. The van der Waals surface area contributed by atoms with Crippen LogP contribution in [-0.2, 0) is 0 Å². The van der Waals surface area contributed by atoms with Crippen LogP contribution in [0.2, 0.25) is 0 Å². The number of carboxylic acids is 1. The number of ether oxygens (including phenoxy) is 2. The Morgan fingerprint density at radius 2 is 1.89 bits per heavy atom. The summed E-state index contributed by atoms with van der Waals surface area (Å²) in [5.41, 5.74) is 0.0765. The second-order valence-electron chi connectivity index (χ2n) is 3.45. The normalized spacial score (nSPS) is 9.83. The van der Waals surface area contributed by atoms with Crippen LogP contribution in [0.1, 0.15) is 10.4 Å². The van der Waals surface area contributed by atoms with Crippen molar-refractivity contribution in [3.8, 4) is 17.2 Å². The third-order valence-corrected chi connectivity index (χ3v) is 2.30. The maximum Gasteiger partial charge on any atom is 0.339 e. The zero-order valence-corrected chi connectivity index (χ0v) is 9.66. The van der Waals surface area contributed by atoms with E-state index in [1.165, 1.54) is 19.2 Å². The van der Waals surface area contributed by atoms with Crippen molar-refractivity contribution >= 4 is 5.97 Å². The molecule has 1 aromatic carbocycles. The molecular weight excluding hydrogens is 234 g/mol. The number of benzene rings is 1. The van der Waals surface area contributed by atoms with Gasteiger partial charge in [0.1, 0.15) is 22.8 Å². The Labute approximate surface area is 104 Å². The van der Waals surface area contributed by atoms with Gasteiger partial charge in [-0.3, -0.25) is 4.98 Å². The number of aromatic nitrogens is 1. The third kappa shape index (κ3) is 2.57. The molecule has 1 heterocycles. The summed E-state index contributed by atoms with van der Waals surface area (Å²) in [7, 11) is 1.51. The Bertz CT molecular complexity index is 554. The highest BCUT2D eigenvalue weighted by Crippen LogP contribution is 2.29. The van der Waals surface area contributed by atoms with Crippen LogP contribution in [0.5, 0.6) is 17.2 Å². The summed E-state index contributed by atoms with van der Waals surface area (Å²) >= 11 is 0. The summed E-state index contributed by atoms with van der Waals surface area (Å²) in [6.45, 7) is 0. The van der Waals surface area contributed by atoms with Crippen molar-refractivity contribution < 1.29 is 19.4 Å². The number of carboxylic acid groups (broad SMARTS) is 1. The van der Waals surface area contributed by atoms with Crippen LogP contribution in [-0.4, -0.2) is 23.2 Å². The summed E-state index contributed by atoms with van der Waals surface area (Å²) in [6, 6.07) is 7.83. The quantitative estimate of drug-likeness (QED) is 0.896. The van der Waals surface area contributed by atoms with Gasteiger partial charge < -0.3 is 14.6 Å². The van der Waals surface area contributed by atoms with Gasteiger partial charge in [-0.25, -0.2) is 4.79 Å². The van der Waals surface area contributed by atoms with Gasteiger partial charge in [0.25, 0.3) is 0 Å². The van der Waals surface area contributed by atoms with Crippen LogP contribution in [0.25, 0.3) is 0 Å². The molecule has 0 unspecified atom stereocenters. The van der Waals surface area contributed by atoms with Crippen LogP contribution in [0, 0.1) is 0 Å². The van der Waals surface area contributed by atoms with E-state index in [-0.39, 0.29) is 11.3 Å². The van der Waals surface area contributed by atoms with Crippen LogP contribution >= 0.6 is 0 Å². The SMILES string of the molecule is COc1ccc(C(=O)O)c(Oc2ccncc2)c1. The minimum absolute atomic E-state index is 0.0765. The number of methoxy groups -OCH3 is 1. The van der Waals surface area contributed by atoms with Gasteiger partial charge in [-0.1, -0.05) is 0 Å². The van der Waals surface area contributed by atoms with Gasteiger partial charge >= 0.3 is 5.97 Å². The van der Waals surface area contributed by atoms with E-state index in [1.54, 1.807) is 30.6 Å². The third-order valence-electron chi connectivity index (χ3n) is 2.30. The predicted octanol–water partition coefficient (Wildman–Crippen LogP) is 2.58. The second kappa shape index (κ2) is 5.18. The lowest BCUT2D eigenvalue weighted by molar-refractivity contribution is 0.0694. The molecule has 0 amide bonds. The first kappa shape index (κ1) is 11.9. The van der Waals surface area contributed by atoms with E-state index in [1.807, 2.05) is 0 Å². The molecular formula is C13H11NO4. The van der Waals surface area contributed by atoms with E-state index >= 15 is 0 Å². The Kier molecular flexibility index (Phi) is 3.43. The molecule has 0 fully saturated rings. The van der Waals surface area contributed by atoms with Gasteiger partial charge in [-0.05, 0) is 24.3 Å². The number of hydrogen-bond donors (Lipinski definition) is 1. The Morgan fingerprint density at radius 1 is 1.17 bits per heavy atom. The first-order valence-corrected chi connectivity index (χ1v) is 5.20. The maximum atomic E-state index is 11.1. The molecule has 5 heteroatoms. The van der Waals surface area contributed by atoms with Gasteiger partial charge in [0.15, 0.2) is 0 Å². The number of pyridine rings is 1. The highest BCUT2D eigenvalue weighted by molar-refractivity contribution is 5.91. The first-order chi connectivity index (χ1) is 8.70. The Hall–Kier alpha value is -2.56. The van der Waals surface area contributed by atoms with Crippen molar-refractivity contribution in [1.29, 1.82) is 0 Å². The Balaban J connectivity index is 2.38. The monoisotopic (exact) mass is 245 g/mol. The van der Waals surface area contributed by atoms with Crippen molar-refractivity contribution in [1.82, 2.24) is 4.98 Å². The van der Waals surface area contributed by atoms with Crippen molar-refractivity contribution in [2.24, 2.45) is 0 Å². The molecule has 2 rings (SSSR count). The second-order valence-corrected chi connectivity index (χ2v) is 3.45. The standard InChI is InChI=1S/C13H11NO4/c1-17-10-2-3-11(13(15)16)12(8-10)18-9-4-6-14-7-5-9/h2-8H,1H3,(H,15,16). The lowest BCUT2D eigenvalue weighted by Crippen LogP contribution is -2.00. The lowest BCUT2D eigenvalue weighted by atomic mass is 10.2. The number of hydrogen-bond acceptors (Lipinski definition) is 4. The predicted molar refractivity (Wildman–Crippen MR) is 64.3 cm³/mol. The molecule has 5 nitrogen and oxygen atoms in total. The molecule has 0 aliphatic rings. The number of carbonyl (C=O) groups is 1. The number of rotatable bonds is 4. The smallest absolute Gasteiger partial charge is 0.339 e. The van der Waals surface area contributed by atoms with Crippen LogP contribution in [0.4, 0.5) is 0 Å². The molecule has 0 saturated heterocycles. The molecule has 0 aliphatic heterocycles. The molecule has 0 aliphatic carbocycles. The molecule has 1 N–H and O–H groups in total. The molecule has 2 aromatic rings. The maximum absolute atomic E-state index is 11.1. The minimum atomic E-state index is -1.05. The summed E-state index contributed by atoms with van der Waals surface area (Å²) in [5, 5.41) is 9.07. The first-order valence-electron chi connectivity index (χ1n) is 5.20. The van der Waals surface area contributed by atoms with E-state index in [4.69, 9.17) is 14.6 Å². The van der Waals surface area contributed by atoms with E-state index in [0.29, 0.717) is 11.5 Å². The van der Waals surface area contributed by atoms with Gasteiger partial charge in [-0.2, -0.15) is 0 Å². The zero-order valence-electron chi connectivity index (χ0n) is 9.66. The van der Waals surface area contributed by atoms with Crippen LogP contribution in [0.15, 0.2) is 42.7 Å². The average Bonchev–Trinajstić information content (AvgIpc) is 2.39. The van der Waals surface area contributed by atoms with Crippen molar-refractivity contribution in [2.75, 3.05) is 7.11 Å². The van der Waals surface area contributed by atoms with E-state index in [9.17, 15) is 4.79 Å². The summed E-state index contributed by atoms with van der Waals surface area (Å²) < 4.78 is 10.6.